The molecule has 0 saturated carbocycles. The monoisotopic (exact) mass is 345 g/mol. The Hall–Kier alpha value is -2.57. The van der Waals surface area contributed by atoms with Crippen molar-refractivity contribution in [1.29, 1.82) is 0 Å². The summed E-state index contributed by atoms with van der Waals surface area (Å²) in [5.74, 6) is 0.778. The molecule has 0 spiro atoms. The summed E-state index contributed by atoms with van der Waals surface area (Å²) in [6.07, 6.45) is -0.587. The van der Waals surface area contributed by atoms with Gasteiger partial charge in [0.15, 0.2) is 0 Å². The van der Waals surface area contributed by atoms with E-state index in [2.05, 4.69) is 5.32 Å². The lowest BCUT2D eigenvalue weighted by molar-refractivity contribution is 0.0707. The van der Waals surface area contributed by atoms with E-state index >= 15 is 0 Å². The average Bonchev–Trinajstić information content (AvgIpc) is 2.67. The molecule has 0 radical (unpaired) electrons. The van der Waals surface area contributed by atoms with E-state index in [0.717, 1.165) is 16.9 Å². The van der Waals surface area contributed by atoms with Crippen LogP contribution in [0.2, 0.25) is 0 Å². The van der Waals surface area contributed by atoms with Gasteiger partial charge in [-0.3, -0.25) is 0 Å². The lowest BCUT2D eigenvalue weighted by Crippen LogP contribution is -2.41. The average molecular weight is 345 g/mol. The maximum Gasteiger partial charge on any atom is 0.407 e. The molecule has 1 amide bonds. The van der Waals surface area contributed by atoms with Gasteiger partial charge in [0.25, 0.3) is 0 Å². The molecule has 0 aliphatic rings. The van der Waals surface area contributed by atoms with Gasteiger partial charge in [0.05, 0.1) is 33.0 Å². The molecule has 2 rings (SSSR count). The largest absolute Gasteiger partial charge is 0.497 e. The summed E-state index contributed by atoms with van der Waals surface area (Å²) in [6.45, 7) is 0.505. The number of nitrogens with one attached hydrogen (secondary N) is 1. The predicted octanol–water partition coefficient (Wildman–Crippen LogP) is 2.50. The number of ether oxygens (including phenoxy) is 3. The fraction of sp³-hybridized carbons (Fsp3) is 0.316. The molecular weight excluding hydrogens is 322 g/mol. The second-order valence-corrected chi connectivity index (χ2v) is 5.45. The molecule has 0 aliphatic heterocycles. The van der Waals surface area contributed by atoms with Crippen molar-refractivity contribution in [2.45, 2.75) is 19.3 Å². The van der Waals surface area contributed by atoms with Crippen LogP contribution in [0.25, 0.3) is 0 Å². The highest BCUT2D eigenvalue weighted by molar-refractivity contribution is 5.67. The lowest BCUT2D eigenvalue weighted by Gasteiger charge is -2.16. The Morgan fingerprint density at radius 2 is 1.72 bits per heavy atom. The highest BCUT2D eigenvalue weighted by atomic mass is 16.5. The van der Waals surface area contributed by atoms with E-state index < -0.39 is 12.1 Å². The van der Waals surface area contributed by atoms with Crippen LogP contribution < -0.4 is 10.1 Å². The smallest absolute Gasteiger partial charge is 0.407 e. The Bertz CT molecular complexity index is 630. The third-order valence-electron chi connectivity index (χ3n) is 3.50. The number of carbonyl (C=O) groups excluding carboxylic acids is 1. The molecule has 0 aliphatic carbocycles. The van der Waals surface area contributed by atoms with Gasteiger partial charge >= 0.3 is 6.09 Å². The van der Waals surface area contributed by atoms with Gasteiger partial charge in [-0.1, -0.05) is 42.5 Å². The molecule has 2 aromatic carbocycles. The number of hydrogen-bond donors (Lipinski definition) is 2. The number of methoxy groups -OCH3 is 1. The van der Waals surface area contributed by atoms with E-state index in [-0.39, 0.29) is 19.8 Å². The molecule has 0 bridgehead atoms. The van der Waals surface area contributed by atoms with Crippen molar-refractivity contribution < 1.29 is 24.1 Å². The summed E-state index contributed by atoms with van der Waals surface area (Å²) in [4.78, 5) is 11.8. The fourth-order valence-electron chi connectivity index (χ4n) is 2.11. The number of aliphatic hydroxyl groups is 1. The molecule has 2 aromatic rings. The van der Waals surface area contributed by atoms with Gasteiger partial charge < -0.3 is 24.6 Å². The predicted molar refractivity (Wildman–Crippen MR) is 93.3 cm³/mol. The minimum atomic E-state index is -0.587. The van der Waals surface area contributed by atoms with Crippen LogP contribution in [0.1, 0.15) is 11.1 Å². The Kier molecular flexibility index (Phi) is 7.75. The van der Waals surface area contributed by atoms with E-state index in [1.54, 1.807) is 7.11 Å². The first-order valence-corrected chi connectivity index (χ1v) is 8.00. The summed E-state index contributed by atoms with van der Waals surface area (Å²) in [7, 11) is 1.61. The number of amides is 1. The summed E-state index contributed by atoms with van der Waals surface area (Å²) in [5, 5.41) is 11.9. The third kappa shape index (κ3) is 6.82. The quantitative estimate of drug-likeness (QED) is 0.730. The van der Waals surface area contributed by atoms with Crippen molar-refractivity contribution in [3.8, 4) is 5.75 Å². The molecule has 134 valence electrons. The summed E-state index contributed by atoms with van der Waals surface area (Å²) in [5.41, 5.74) is 1.87. The molecule has 0 aromatic heterocycles. The van der Waals surface area contributed by atoms with Gasteiger partial charge in [0, 0.05) is 0 Å². The van der Waals surface area contributed by atoms with Crippen molar-refractivity contribution in [2.24, 2.45) is 0 Å². The van der Waals surface area contributed by atoms with Crippen LogP contribution in [0.5, 0.6) is 5.75 Å². The van der Waals surface area contributed by atoms with Gasteiger partial charge in [-0.25, -0.2) is 4.79 Å². The van der Waals surface area contributed by atoms with E-state index in [4.69, 9.17) is 14.2 Å². The van der Waals surface area contributed by atoms with Gasteiger partial charge in [-0.05, 0) is 23.3 Å². The Labute approximate surface area is 147 Å². The summed E-state index contributed by atoms with van der Waals surface area (Å²) >= 11 is 0. The number of rotatable bonds is 9. The Balaban J connectivity index is 1.69. The maximum absolute atomic E-state index is 11.8. The van der Waals surface area contributed by atoms with Gasteiger partial charge in [-0.15, -0.1) is 0 Å². The van der Waals surface area contributed by atoms with Crippen LogP contribution >= 0.6 is 0 Å². The summed E-state index contributed by atoms with van der Waals surface area (Å²) in [6, 6.07) is 16.3. The first-order chi connectivity index (χ1) is 12.2. The Morgan fingerprint density at radius 3 is 2.36 bits per heavy atom. The highest BCUT2D eigenvalue weighted by Gasteiger charge is 2.12. The number of carbonyl (C=O) groups is 1. The fourth-order valence-corrected chi connectivity index (χ4v) is 2.11. The number of aliphatic hydroxyl groups excluding tert-OH is 1. The molecule has 6 heteroatoms. The number of alkyl carbamates (subject to hydrolysis) is 1. The van der Waals surface area contributed by atoms with Crippen LogP contribution in [0.15, 0.2) is 54.6 Å². The molecule has 0 saturated heterocycles. The SMILES string of the molecule is COc1ccc(COC[C@@H](CO)NC(=O)OCc2ccccc2)cc1. The molecule has 2 N–H and O–H groups in total. The van der Waals surface area contributed by atoms with E-state index in [1.807, 2.05) is 54.6 Å². The topological polar surface area (TPSA) is 77.0 Å². The normalized spacial score (nSPS) is 11.6. The van der Waals surface area contributed by atoms with E-state index in [9.17, 15) is 9.90 Å². The highest BCUT2D eigenvalue weighted by Crippen LogP contribution is 2.12. The van der Waals surface area contributed by atoms with Gasteiger partial charge in [-0.2, -0.15) is 0 Å². The molecule has 0 fully saturated rings. The summed E-state index contributed by atoms with van der Waals surface area (Å²) < 4.78 is 15.8. The number of hydrogen-bond acceptors (Lipinski definition) is 5. The van der Waals surface area contributed by atoms with E-state index in [0.29, 0.717) is 6.61 Å². The molecule has 0 unspecified atom stereocenters. The second-order valence-electron chi connectivity index (χ2n) is 5.45. The van der Waals surface area contributed by atoms with E-state index in [1.165, 1.54) is 0 Å². The van der Waals surface area contributed by atoms with Crippen LogP contribution in [-0.4, -0.2) is 37.6 Å². The maximum atomic E-state index is 11.8. The minimum Gasteiger partial charge on any atom is -0.497 e. The minimum absolute atomic E-state index is 0.178. The van der Waals surface area contributed by atoms with Crippen LogP contribution in [0.3, 0.4) is 0 Å². The van der Waals surface area contributed by atoms with Crippen molar-refractivity contribution in [2.75, 3.05) is 20.3 Å². The van der Waals surface area contributed by atoms with Crippen LogP contribution in [0, 0.1) is 0 Å². The Morgan fingerprint density at radius 1 is 1.04 bits per heavy atom. The lowest BCUT2D eigenvalue weighted by atomic mass is 10.2. The van der Waals surface area contributed by atoms with Crippen LogP contribution in [0.4, 0.5) is 4.79 Å². The van der Waals surface area contributed by atoms with Crippen LogP contribution in [-0.2, 0) is 22.7 Å². The zero-order valence-electron chi connectivity index (χ0n) is 14.2. The standard InChI is InChI=1S/C19H23NO5/c1-23-18-9-7-16(8-10-18)12-24-14-17(11-21)20-19(22)25-13-15-5-3-2-4-6-15/h2-10,17,21H,11-14H2,1H3,(H,20,22)/t17-/m1/s1. The molecule has 1 atom stereocenters. The van der Waals surface area contributed by atoms with Gasteiger partial charge in [0.2, 0.25) is 0 Å². The third-order valence-corrected chi connectivity index (χ3v) is 3.50. The molecular formula is C19H23NO5. The molecule has 0 heterocycles. The number of benzene rings is 2. The van der Waals surface area contributed by atoms with Crippen molar-refractivity contribution in [1.82, 2.24) is 5.32 Å². The van der Waals surface area contributed by atoms with Crippen molar-refractivity contribution >= 4 is 6.09 Å². The van der Waals surface area contributed by atoms with Gasteiger partial charge in [0.1, 0.15) is 12.4 Å². The first-order valence-electron chi connectivity index (χ1n) is 8.00. The zero-order valence-corrected chi connectivity index (χ0v) is 14.2. The van der Waals surface area contributed by atoms with Crippen molar-refractivity contribution in [3.63, 3.8) is 0 Å². The molecule has 25 heavy (non-hydrogen) atoms. The zero-order chi connectivity index (χ0) is 17.9. The van der Waals surface area contributed by atoms with Crippen molar-refractivity contribution in [3.05, 3.63) is 65.7 Å². The molecule has 6 nitrogen and oxygen atoms in total. The first kappa shape index (κ1) is 18.8. The second kappa shape index (κ2) is 10.3.